The fraction of sp³-hybridized carbons (Fsp3) is 0.455. The molecule has 0 saturated heterocycles. The Morgan fingerprint density at radius 2 is 2.29 bits per heavy atom. The Morgan fingerprint density at radius 1 is 1.59 bits per heavy atom. The average molecular weight is 240 g/mol. The largest absolute Gasteiger partial charge is 0.392 e. The first-order valence-corrected chi connectivity index (χ1v) is 5.22. The maximum absolute atomic E-state index is 10.9. The zero-order valence-electron chi connectivity index (χ0n) is 9.84. The third-order valence-electron chi connectivity index (χ3n) is 2.26. The highest BCUT2D eigenvalue weighted by atomic mass is 16.6. The van der Waals surface area contributed by atoms with Gasteiger partial charge in [-0.25, -0.2) is 0 Å². The standard InChI is InChI=1S/C11H16N2O4/c1-8(7-17-2)12-10-4-3-9(6-14)5-11(10)13(15)16/h3-5,8,12,14H,6-7H2,1-2H3/t8-/m0/s1. The summed E-state index contributed by atoms with van der Waals surface area (Å²) in [6, 6.07) is 4.57. The lowest BCUT2D eigenvalue weighted by atomic mass is 10.1. The van der Waals surface area contributed by atoms with E-state index < -0.39 is 4.92 Å². The van der Waals surface area contributed by atoms with Crippen LogP contribution in [0.3, 0.4) is 0 Å². The van der Waals surface area contributed by atoms with E-state index in [1.165, 1.54) is 6.07 Å². The predicted molar refractivity (Wildman–Crippen MR) is 64.0 cm³/mol. The average Bonchev–Trinajstić information content (AvgIpc) is 2.29. The summed E-state index contributed by atoms with van der Waals surface area (Å²) in [5, 5.41) is 22.8. The summed E-state index contributed by atoms with van der Waals surface area (Å²) in [6.07, 6.45) is 0. The Bertz CT molecular complexity index is 395. The number of methoxy groups -OCH3 is 1. The van der Waals surface area contributed by atoms with Crippen LogP contribution in [0, 0.1) is 10.1 Å². The van der Waals surface area contributed by atoms with E-state index in [2.05, 4.69) is 5.32 Å². The van der Waals surface area contributed by atoms with Crippen molar-refractivity contribution in [1.29, 1.82) is 0 Å². The van der Waals surface area contributed by atoms with E-state index in [4.69, 9.17) is 9.84 Å². The molecule has 6 nitrogen and oxygen atoms in total. The molecule has 1 aromatic rings. The number of ether oxygens (including phenoxy) is 1. The molecule has 94 valence electrons. The molecular weight excluding hydrogens is 224 g/mol. The lowest BCUT2D eigenvalue weighted by Crippen LogP contribution is -2.21. The number of rotatable bonds is 6. The molecule has 1 aromatic carbocycles. The minimum absolute atomic E-state index is 0.0290. The number of nitrogens with one attached hydrogen (secondary N) is 1. The summed E-state index contributed by atoms with van der Waals surface area (Å²) < 4.78 is 4.95. The molecule has 1 atom stereocenters. The topological polar surface area (TPSA) is 84.6 Å². The first-order chi connectivity index (χ1) is 8.08. The van der Waals surface area contributed by atoms with Gasteiger partial charge in [-0.15, -0.1) is 0 Å². The normalized spacial score (nSPS) is 12.2. The summed E-state index contributed by atoms with van der Waals surface area (Å²) >= 11 is 0. The van der Waals surface area contributed by atoms with Crippen LogP contribution in [-0.4, -0.2) is 29.8 Å². The van der Waals surface area contributed by atoms with E-state index >= 15 is 0 Å². The molecule has 0 heterocycles. The van der Waals surface area contributed by atoms with Crippen molar-refractivity contribution in [3.63, 3.8) is 0 Å². The Hall–Kier alpha value is -1.66. The van der Waals surface area contributed by atoms with Crippen molar-refractivity contribution in [2.45, 2.75) is 19.6 Å². The molecule has 2 N–H and O–H groups in total. The first-order valence-electron chi connectivity index (χ1n) is 5.22. The Morgan fingerprint density at radius 3 is 2.82 bits per heavy atom. The van der Waals surface area contributed by atoms with Gasteiger partial charge in [-0.2, -0.15) is 0 Å². The van der Waals surface area contributed by atoms with Crippen LogP contribution >= 0.6 is 0 Å². The molecule has 0 amide bonds. The van der Waals surface area contributed by atoms with Crippen molar-refractivity contribution in [1.82, 2.24) is 0 Å². The molecule has 0 aliphatic heterocycles. The number of aliphatic hydroxyl groups excluding tert-OH is 1. The second-order valence-electron chi connectivity index (χ2n) is 3.77. The highest BCUT2D eigenvalue weighted by molar-refractivity contribution is 5.63. The predicted octanol–water partition coefficient (Wildman–Crippen LogP) is 1.53. The van der Waals surface area contributed by atoms with Gasteiger partial charge in [0.15, 0.2) is 0 Å². The van der Waals surface area contributed by atoms with Crippen molar-refractivity contribution < 1.29 is 14.8 Å². The Kier molecular flexibility index (Phi) is 4.86. The van der Waals surface area contributed by atoms with E-state index in [0.717, 1.165) is 0 Å². The molecule has 0 radical (unpaired) electrons. The van der Waals surface area contributed by atoms with E-state index in [-0.39, 0.29) is 18.3 Å². The Balaban J connectivity index is 2.94. The fourth-order valence-corrected chi connectivity index (χ4v) is 1.51. The number of aliphatic hydroxyl groups is 1. The van der Waals surface area contributed by atoms with Crippen molar-refractivity contribution in [3.8, 4) is 0 Å². The number of benzene rings is 1. The van der Waals surface area contributed by atoms with E-state index in [1.54, 1.807) is 19.2 Å². The second kappa shape index (κ2) is 6.17. The van der Waals surface area contributed by atoms with E-state index in [0.29, 0.717) is 17.9 Å². The highest BCUT2D eigenvalue weighted by Crippen LogP contribution is 2.26. The molecule has 0 bridgehead atoms. The summed E-state index contributed by atoms with van der Waals surface area (Å²) in [5.74, 6) is 0. The number of hydrogen-bond acceptors (Lipinski definition) is 5. The third kappa shape index (κ3) is 3.69. The molecule has 0 aliphatic carbocycles. The van der Waals surface area contributed by atoms with Crippen LogP contribution in [0.25, 0.3) is 0 Å². The van der Waals surface area contributed by atoms with Gasteiger partial charge in [0, 0.05) is 19.2 Å². The number of nitrogens with zero attached hydrogens (tertiary/aromatic N) is 1. The summed E-state index contributed by atoms with van der Waals surface area (Å²) in [7, 11) is 1.57. The SMILES string of the molecule is COC[C@H](C)Nc1ccc(CO)cc1[N+](=O)[O-]. The molecule has 1 rings (SSSR count). The first kappa shape index (κ1) is 13.4. The minimum atomic E-state index is -0.471. The molecular formula is C11H16N2O4. The summed E-state index contributed by atoms with van der Waals surface area (Å²) in [6.45, 7) is 2.11. The maximum Gasteiger partial charge on any atom is 0.292 e. The van der Waals surface area contributed by atoms with Crippen LogP contribution in [0.2, 0.25) is 0 Å². The molecule has 0 aliphatic rings. The zero-order valence-corrected chi connectivity index (χ0v) is 9.84. The van der Waals surface area contributed by atoms with Crippen LogP contribution in [0.15, 0.2) is 18.2 Å². The summed E-state index contributed by atoms with van der Waals surface area (Å²) in [5.41, 5.74) is 0.901. The lowest BCUT2D eigenvalue weighted by Gasteiger charge is -2.14. The van der Waals surface area contributed by atoms with Gasteiger partial charge < -0.3 is 15.2 Å². The van der Waals surface area contributed by atoms with Crippen molar-refractivity contribution in [2.24, 2.45) is 0 Å². The zero-order chi connectivity index (χ0) is 12.8. The molecule has 0 aromatic heterocycles. The van der Waals surface area contributed by atoms with E-state index in [1.807, 2.05) is 6.92 Å². The second-order valence-corrected chi connectivity index (χ2v) is 3.77. The molecule has 0 fully saturated rings. The minimum Gasteiger partial charge on any atom is -0.392 e. The monoisotopic (exact) mass is 240 g/mol. The number of anilines is 1. The van der Waals surface area contributed by atoms with Gasteiger partial charge in [0.25, 0.3) is 5.69 Å². The van der Waals surface area contributed by atoms with Crippen LogP contribution in [0.1, 0.15) is 12.5 Å². The van der Waals surface area contributed by atoms with Gasteiger partial charge in [0.1, 0.15) is 5.69 Å². The van der Waals surface area contributed by atoms with Gasteiger partial charge in [0.2, 0.25) is 0 Å². The van der Waals surface area contributed by atoms with Crippen LogP contribution in [0.4, 0.5) is 11.4 Å². The molecule has 0 spiro atoms. The fourth-order valence-electron chi connectivity index (χ4n) is 1.51. The van der Waals surface area contributed by atoms with Gasteiger partial charge >= 0.3 is 0 Å². The smallest absolute Gasteiger partial charge is 0.292 e. The number of nitro benzene ring substituents is 1. The Labute approximate surface area is 99.4 Å². The van der Waals surface area contributed by atoms with Crippen LogP contribution in [-0.2, 0) is 11.3 Å². The molecule has 0 unspecified atom stereocenters. The molecule has 17 heavy (non-hydrogen) atoms. The van der Waals surface area contributed by atoms with Gasteiger partial charge in [-0.1, -0.05) is 6.07 Å². The van der Waals surface area contributed by atoms with E-state index in [9.17, 15) is 10.1 Å². The quantitative estimate of drug-likeness (QED) is 0.582. The van der Waals surface area contributed by atoms with Crippen molar-refractivity contribution in [2.75, 3.05) is 19.0 Å². The third-order valence-corrected chi connectivity index (χ3v) is 2.26. The molecule has 6 heteroatoms. The lowest BCUT2D eigenvalue weighted by molar-refractivity contribution is -0.384. The van der Waals surface area contributed by atoms with Crippen molar-refractivity contribution >= 4 is 11.4 Å². The van der Waals surface area contributed by atoms with Gasteiger partial charge in [-0.3, -0.25) is 10.1 Å². The van der Waals surface area contributed by atoms with Crippen LogP contribution in [0.5, 0.6) is 0 Å². The number of nitro groups is 1. The van der Waals surface area contributed by atoms with Crippen LogP contribution < -0.4 is 5.32 Å². The maximum atomic E-state index is 10.9. The highest BCUT2D eigenvalue weighted by Gasteiger charge is 2.15. The van der Waals surface area contributed by atoms with Gasteiger partial charge in [0.05, 0.1) is 18.1 Å². The van der Waals surface area contributed by atoms with Gasteiger partial charge in [-0.05, 0) is 18.6 Å². The molecule has 0 saturated carbocycles. The summed E-state index contributed by atoms with van der Waals surface area (Å²) in [4.78, 5) is 10.4. The van der Waals surface area contributed by atoms with Crippen molar-refractivity contribution in [3.05, 3.63) is 33.9 Å². The number of hydrogen-bond donors (Lipinski definition) is 2.